The van der Waals surface area contributed by atoms with E-state index in [1.165, 1.54) is 0 Å². The molecule has 1 aliphatic heterocycles. The summed E-state index contributed by atoms with van der Waals surface area (Å²) in [7, 11) is 0. The van der Waals surface area contributed by atoms with Crippen molar-refractivity contribution in [3.05, 3.63) is 35.9 Å². The fourth-order valence-corrected chi connectivity index (χ4v) is 11.0. The lowest BCUT2D eigenvalue weighted by Crippen LogP contribution is -2.62. The van der Waals surface area contributed by atoms with Crippen LogP contribution in [0.25, 0.3) is 0 Å². The molecular weight excluding hydrogens is 514 g/mol. The van der Waals surface area contributed by atoms with Crippen LogP contribution in [0.3, 0.4) is 0 Å². The molecule has 0 amide bonds. The third-order valence-corrected chi connectivity index (χ3v) is 13.3. The van der Waals surface area contributed by atoms with E-state index < -0.39 is 11.7 Å². The van der Waals surface area contributed by atoms with Crippen LogP contribution in [0, 0.1) is 46.3 Å². The number of aliphatic hydroxyl groups is 3. The van der Waals surface area contributed by atoms with Crippen molar-refractivity contribution in [3.8, 4) is 0 Å². The lowest BCUT2D eigenvalue weighted by atomic mass is 9.43. The quantitative estimate of drug-likeness (QED) is 0.354. The van der Waals surface area contributed by atoms with Gasteiger partial charge in [0, 0.05) is 19.3 Å². The van der Waals surface area contributed by atoms with Gasteiger partial charge in [-0.05, 0) is 116 Å². The van der Waals surface area contributed by atoms with Crippen molar-refractivity contribution in [3.63, 3.8) is 0 Å². The van der Waals surface area contributed by atoms with Crippen molar-refractivity contribution in [2.24, 2.45) is 46.3 Å². The summed E-state index contributed by atoms with van der Waals surface area (Å²) >= 11 is 0. The molecule has 4 saturated carbocycles. The minimum Gasteiger partial charge on any atom is -0.454 e. The number of fused-ring (bicyclic) bond motifs is 5. The predicted octanol–water partition coefficient (Wildman–Crippen LogP) is 5.19. The van der Waals surface area contributed by atoms with Crippen LogP contribution in [-0.4, -0.2) is 52.7 Å². The normalized spacial score (nSPS) is 44.2. The summed E-state index contributed by atoms with van der Waals surface area (Å²) in [5, 5.41) is 37.2. The Labute approximate surface area is 246 Å². The minimum atomic E-state index is -0.550. The first-order valence-corrected chi connectivity index (χ1v) is 16.6. The molecule has 41 heavy (non-hydrogen) atoms. The highest BCUT2D eigenvalue weighted by atomic mass is 16.6. The number of hydrogen-bond acceptors (Lipinski definition) is 6. The number of piperidine rings is 1. The molecule has 6 nitrogen and oxygen atoms in total. The Morgan fingerprint density at radius 1 is 0.976 bits per heavy atom. The van der Waals surface area contributed by atoms with Crippen molar-refractivity contribution in [1.82, 2.24) is 5.32 Å². The van der Waals surface area contributed by atoms with E-state index in [4.69, 9.17) is 4.74 Å². The van der Waals surface area contributed by atoms with E-state index in [0.29, 0.717) is 36.0 Å². The summed E-state index contributed by atoms with van der Waals surface area (Å²) in [6.07, 6.45) is 7.94. The molecule has 4 N–H and O–H groups in total. The molecule has 6 rings (SSSR count). The van der Waals surface area contributed by atoms with Crippen molar-refractivity contribution in [2.75, 3.05) is 13.1 Å². The zero-order valence-corrected chi connectivity index (χ0v) is 25.4. The summed E-state index contributed by atoms with van der Waals surface area (Å²) in [5.74, 6) is 1.65. The smallest absolute Gasteiger partial charge is 0.306 e. The number of hydrogen-bond donors (Lipinski definition) is 4. The van der Waals surface area contributed by atoms with Gasteiger partial charge in [0.15, 0.2) is 0 Å². The molecule has 6 heteroatoms. The first-order valence-electron chi connectivity index (χ1n) is 16.6. The van der Waals surface area contributed by atoms with Crippen molar-refractivity contribution in [1.29, 1.82) is 0 Å². The number of nitrogens with one attached hydrogen (secondary N) is 1. The van der Waals surface area contributed by atoms with Crippen LogP contribution in [0.2, 0.25) is 0 Å². The molecule has 0 bridgehead atoms. The monoisotopic (exact) mass is 567 g/mol. The van der Waals surface area contributed by atoms with Crippen LogP contribution >= 0.6 is 0 Å². The van der Waals surface area contributed by atoms with Gasteiger partial charge >= 0.3 is 5.97 Å². The molecule has 0 aromatic heterocycles. The lowest BCUT2D eigenvalue weighted by molar-refractivity contribution is -0.207. The van der Waals surface area contributed by atoms with Crippen molar-refractivity contribution >= 4 is 5.97 Å². The zero-order valence-electron chi connectivity index (χ0n) is 25.4. The number of aliphatic hydroxyl groups excluding tert-OH is 3. The average molecular weight is 568 g/mol. The number of benzene rings is 1. The third kappa shape index (κ3) is 4.99. The van der Waals surface area contributed by atoms with Gasteiger partial charge in [-0.15, -0.1) is 0 Å². The number of esters is 1. The molecule has 5 aliphatic rings. The molecule has 1 aromatic carbocycles. The average Bonchev–Trinajstić information content (AvgIpc) is 3.32. The first kappa shape index (κ1) is 29.6. The number of rotatable bonds is 6. The Kier molecular flexibility index (Phi) is 8.10. The highest BCUT2D eigenvalue weighted by Crippen LogP contribution is 2.68. The predicted molar refractivity (Wildman–Crippen MR) is 159 cm³/mol. The maximum absolute atomic E-state index is 13.3. The van der Waals surface area contributed by atoms with Crippen LogP contribution in [0.4, 0.5) is 0 Å². The number of ether oxygens (including phenoxy) is 1. The molecule has 1 aromatic rings. The van der Waals surface area contributed by atoms with E-state index in [0.717, 1.165) is 82.9 Å². The second-order valence-corrected chi connectivity index (χ2v) is 15.1. The summed E-state index contributed by atoms with van der Waals surface area (Å²) in [6.45, 7) is 8.61. The number of carbonyl (C=O) groups is 1. The van der Waals surface area contributed by atoms with Crippen LogP contribution < -0.4 is 5.32 Å². The van der Waals surface area contributed by atoms with E-state index in [2.05, 4.69) is 38.2 Å². The molecule has 11 atom stereocenters. The molecule has 5 fully saturated rings. The Morgan fingerprint density at radius 3 is 2.44 bits per heavy atom. The molecule has 228 valence electrons. The lowest BCUT2D eigenvalue weighted by Gasteiger charge is -2.63. The molecule has 1 saturated heterocycles. The van der Waals surface area contributed by atoms with Crippen LogP contribution in [0.1, 0.15) is 97.0 Å². The van der Waals surface area contributed by atoms with Crippen molar-refractivity contribution < 1.29 is 24.9 Å². The summed E-state index contributed by atoms with van der Waals surface area (Å²) in [5.41, 5.74) is 0.376. The number of carbonyl (C=O) groups excluding carboxylic acids is 1. The van der Waals surface area contributed by atoms with Gasteiger partial charge < -0.3 is 25.4 Å². The Hall–Kier alpha value is -1.47. The topological polar surface area (TPSA) is 99.0 Å². The maximum atomic E-state index is 13.3. The Bertz CT molecular complexity index is 1070. The van der Waals surface area contributed by atoms with Gasteiger partial charge in [0.2, 0.25) is 0 Å². The van der Waals surface area contributed by atoms with Gasteiger partial charge in [-0.2, -0.15) is 0 Å². The second-order valence-electron chi connectivity index (χ2n) is 15.1. The first-order chi connectivity index (χ1) is 19.6. The van der Waals surface area contributed by atoms with E-state index in [1.807, 2.05) is 18.2 Å². The van der Waals surface area contributed by atoms with Gasteiger partial charge in [0.25, 0.3) is 0 Å². The van der Waals surface area contributed by atoms with Gasteiger partial charge in [-0.3, -0.25) is 4.79 Å². The molecule has 1 heterocycles. The summed E-state index contributed by atoms with van der Waals surface area (Å²) in [4.78, 5) is 13.3. The summed E-state index contributed by atoms with van der Waals surface area (Å²) in [6, 6.07) is 10.2. The fraction of sp³-hybridized carbons (Fsp3) is 0.800. The highest BCUT2D eigenvalue weighted by molar-refractivity contribution is 5.70. The molecular formula is C35H53NO5. The zero-order chi connectivity index (χ0) is 29.0. The van der Waals surface area contributed by atoms with E-state index >= 15 is 0 Å². The van der Waals surface area contributed by atoms with Gasteiger partial charge in [0.1, 0.15) is 5.60 Å². The van der Waals surface area contributed by atoms with Crippen LogP contribution in [-0.2, 0) is 15.1 Å². The van der Waals surface area contributed by atoms with E-state index in [1.54, 1.807) is 0 Å². The Balaban J connectivity index is 1.13. The largest absolute Gasteiger partial charge is 0.454 e. The van der Waals surface area contributed by atoms with E-state index in [9.17, 15) is 20.1 Å². The van der Waals surface area contributed by atoms with Gasteiger partial charge in [-0.25, -0.2) is 0 Å². The SMILES string of the molecule is C[C@H](CCC(=O)OC1(c2ccccc2)CCNCC1)[C@H]1CC[C@H]2[C@@H]3C(O)C[C@@H]4CC(O)CC[C@]4(C)[C@H]3CC(O)[C@]12C. The second kappa shape index (κ2) is 11.2. The molecule has 0 radical (unpaired) electrons. The third-order valence-electron chi connectivity index (χ3n) is 13.3. The highest BCUT2D eigenvalue weighted by Gasteiger charge is 2.65. The van der Waals surface area contributed by atoms with Gasteiger partial charge in [0.05, 0.1) is 18.3 Å². The van der Waals surface area contributed by atoms with Gasteiger partial charge in [-0.1, -0.05) is 51.1 Å². The molecule has 3 unspecified atom stereocenters. The van der Waals surface area contributed by atoms with Crippen molar-refractivity contribution in [2.45, 2.75) is 115 Å². The van der Waals surface area contributed by atoms with E-state index in [-0.39, 0.29) is 34.9 Å². The van der Waals surface area contributed by atoms with Crippen LogP contribution in [0.5, 0.6) is 0 Å². The molecule has 0 spiro atoms. The Morgan fingerprint density at radius 2 is 1.71 bits per heavy atom. The summed E-state index contributed by atoms with van der Waals surface area (Å²) < 4.78 is 6.31. The fourth-order valence-electron chi connectivity index (χ4n) is 11.0. The maximum Gasteiger partial charge on any atom is 0.306 e. The standard InChI is InChI=1S/C35H53NO5/c1-22(9-12-31(40)41-35(15-17-36-18-16-35)23-7-5-4-6-8-23)26-10-11-27-32-28(21-30(39)34(26,27)3)33(2)14-13-25(37)19-24(33)20-29(32)38/h4-8,22,24-30,32,36-39H,9-21H2,1-3H3/t22-,24+,25?,26-,27+,28+,29?,30?,32+,33+,34-/m1/s1. The van der Waals surface area contributed by atoms with Crippen LogP contribution in [0.15, 0.2) is 30.3 Å². The minimum absolute atomic E-state index is 0.0856. The molecule has 4 aliphatic carbocycles.